The van der Waals surface area contributed by atoms with E-state index in [2.05, 4.69) is 4.90 Å². The average Bonchev–Trinajstić information content (AvgIpc) is 3.30. The largest absolute Gasteiger partial charge is 0.493 e. The highest BCUT2D eigenvalue weighted by atomic mass is 16.6. The lowest BCUT2D eigenvalue weighted by Crippen LogP contribution is -2.74. The molecule has 1 spiro atoms. The molecule has 1 saturated heterocycles. The standard InChI is InChI=1S/C32H41NO11/c1-7-40-25(36)17-21(41-23(34)10-11-24(35)44-30(2,3)4)29(37)42-20-12-13-32(38)22-16-18-8-9-19(39-6)27-26(18)31(32,28(20)43-27)14-15-33(22)5/h8-9,12,21-22,28,38H,7,10-11,13-17H2,1-6H3/t21?,22-,28+,31+,32-/m1/s1. The fourth-order valence-electron chi connectivity index (χ4n) is 7.13. The SMILES string of the molecule is CCOC(=O)CC(OC(=O)CCC(=O)OC(C)(C)C)C(=O)OC1=CC[C@@]2(O)[C@H]3Cc4ccc(OC)c5c4[C@@]2(CCN3C)[C@H]1O5. The summed E-state index contributed by atoms with van der Waals surface area (Å²) in [6.45, 7) is 7.48. The van der Waals surface area contributed by atoms with Crippen molar-refractivity contribution in [1.29, 1.82) is 0 Å². The van der Waals surface area contributed by atoms with E-state index >= 15 is 0 Å². The molecule has 12 nitrogen and oxygen atoms in total. The Morgan fingerprint density at radius 2 is 1.86 bits per heavy atom. The lowest BCUT2D eigenvalue weighted by atomic mass is 9.50. The third-order valence-electron chi connectivity index (χ3n) is 8.92. The van der Waals surface area contributed by atoms with E-state index in [4.69, 9.17) is 28.4 Å². The van der Waals surface area contributed by atoms with Crippen LogP contribution in [0, 0.1) is 0 Å². The number of hydrogen-bond donors (Lipinski definition) is 1. The predicted octanol–water partition coefficient (Wildman–Crippen LogP) is 2.50. The second kappa shape index (κ2) is 11.7. The van der Waals surface area contributed by atoms with Gasteiger partial charge in [0.05, 0.1) is 44.0 Å². The molecule has 0 saturated carbocycles. The zero-order chi connectivity index (χ0) is 32.0. The van der Waals surface area contributed by atoms with Gasteiger partial charge in [0.25, 0.3) is 0 Å². The van der Waals surface area contributed by atoms with Crippen molar-refractivity contribution >= 4 is 23.9 Å². The quantitative estimate of drug-likeness (QED) is 0.305. The van der Waals surface area contributed by atoms with Crippen molar-refractivity contribution in [1.82, 2.24) is 4.90 Å². The van der Waals surface area contributed by atoms with Gasteiger partial charge < -0.3 is 38.4 Å². The predicted molar refractivity (Wildman–Crippen MR) is 154 cm³/mol. The van der Waals surface area contributed by atoms with E-state index in [9.17, 15) is 24.3 Å². The van der Waals surface area contributed by atoms with Crippen LogP contribution < -0.4 is 9.47 Å². The van der Waals surface area contributed by atoms with Crippen molar-refractivity contribution < 1.29 is 52.7 Å². The first-order valence-electron chi connectivity index (χ1n) is 15.0. The molecule has 12 heteroatoms. The molecule has 1 fully saturated rings. The Kier molecular flexibility index (Phi) is 8.45. The zero-order valence-electron chi connectivity index (χ0n) is 26.1. The maximum atomic E-state index is 13.6. The summed E-state index contributed by atoms with van der Waals surface area (Å²) in [4.78, 5) is 52.9. The van der Waals surface area contributed by atoms with Crippen LogP contribution in [0.25, 0.3) is 0 Å². The number of likely N-dealkylation sites (N-methyl/N-ethyl adjacent to an activating group) is 1. The molecular formula is C32H41NO11. The number of hydrogen-bond acceptors (Lipinski definition) is 12. The van der Waals surface area contributed by atoms with Crippen LogP contribution in [0.4, 0.5) is 0 Å². The summed E-state index contributed by atoms with van der Waals surface area (Å²) in [5.41, 5.74) is -0.936. The normalized spacial score (nSPS) is 27.2. The van der Waals surface area contributed by atoms with Crippen LogP contribution in [-0.2, 0) is 50.0 Å². The summed E-state index contributed by atoms with van der Waals surface area (Å²) >= 11 is 0. The number of carbonyl (C=O) groups is 4. The van der Waals surface area contributed by atoms with Gasteiger partial charge >= 0.3 is 23.9 Å². The summed E-state index contributed by atoms with van der Waals surface area (Å²) in [5, 5.41) is 12.4. The fraction of sp³-hybridized carbons (Fsp3) is 0.625. The molecule has 2 heterocycles. The Labute approximate surface area is 256 Å². The van der Waals surface area contributed by atoms with Gasteiger partial charge in [-0.2, -0.15) is 0 Å². The molecule has 0 radical (unpaired) electrons. The molecule has 2 bridgehead atoms. The Hall–Kier alpha value is -3.64. The Morgan fingerprint density at radius 1 is 1.14 bits per heavy atom. The third kappa shape index (κ3) is 5.42. The number of benzene rings is 1. The lowest BCUT2D eigenvalue weighted by molar-refractivity contribution is -0.178. The minimum Gasteiger partial charge on any atom is -0.493 e. The number of esters is 4. The monoisotopic (exact) mass is 615 g/mol. The smallest absolute Gasteiger partial charge is 0.353 e. The number of methoxy groups -OCH3 is 1. The van der Waals surface area contributed by atoms with Crippen molar-refractivity contribution in [3.8, 4) is 11.5 Å². The van der Waals surface area contributed by atoms with Crippen LogP contribution in [0.1, 0.15) is 70.9 Å². The van der Waals surface area contributed by atoms with E-state index in [0.717, 1.165) is 11.1 Å². The van der Waals surface area contributed by atoms with Crippen LogP contribution >= 0.6 is 0 Å². The average molecular weight is 616 g/mol. The van der Waals surface area contributed by atoms with Crippen LogP contribution in [0.2, 0.25) is 0 Å². The first-order valence-corrected chi connectivity index (χ1v) is 15.0. The van der Waals surface area contributed by atoms with Gasteiger partial charge in [0.2, 0.25) is 6.10 Å². The summed E-state index contributed by atoms with van der Waals surface area (Å²) < 4.78 is 33.6. The van der Waals surface area contributed by atoms with Gasteiger partial charge in [0, 0.05) is 18.0 Å². The van der Waals surface area contributed by atoms with Crippen molar-refractivity contribution in [3.63, 3.8) is 0 Å². The van der Waals surface area contributed by atoms with E-state index in [1.165, 1.54) is 0 Å². The van der Waals surface area contributed by atoms with Crippen LogP contribution in [0.15, 0.2) is 24.0 Å². The summed E-state index contributed by atoms with van der Waals surface area (Å²) in [6, 6.07) is 3.64. The number of carbonyl (C=O) groups excluding carboxylic acids is 4. The number of piperidine rings is 1. The Bertz CT molecular complexity index is 1380. The molecule has 240 valence electrons. The highest BCUT2D eigenvalue weighted by Crippen LogP contribution is 2.65. The molecule has 5 rings (SSSR count). The third-order valence-corrected chi connectivity index (χ3v) is 8.92. The van der Waals surface area contributed by atoms with Gasteiger partial charge in [0.15, 0.2) is 17.6 Å². The zero-order valence-corrected chi connectivity index (χ0v) is 26.1. The Morgan fingerprint density at radius 3 is 2.55 bits per heavy atom. The van der Waals surface area contributed by atoms with Gasteiger partial charge in [-0.1, -0.05) is 6.07 Å². The van der Waals surface area contributed by atoms with E-state index < -0.39 is 59.1 Å². The van der Waals surface area contributed by atoms with Crippen LogP contribution in [-0.4, -0.2) is 90.6 Å². The molecule has 1 aromatic carbocycles. The highest BCUT2D eigenvalue weighted by molar-refractivity contribution is 5.86. The fourth-order valence-corrected chi connectivity index (χ4v) is 7.13. The second-order valence-corrected chi connectivity index (χ2v) is 12.8. The van der Waals surface area contributed by atoms with Crippen LogP contribution in [0.5, 0.6) is 11.5 Å². The van der Waals surface area contributed by atoms with E-state index in [1.54, 1.807) is 40.9 Å². The van der Waals surface area contributed by atoms with Gasteiger partial charge in [-0.25, -0.2) is 4.79 Å². The molecule has 1 aromatic rings. The molecule has 2 aliphatic heterocycles. The number of rotatable bonds is 10. The minimum absolute atomic E-state index is 0.0629. The molecule has 5 atom stereocenters. The number of aliphatic hydroxyl groups is 1. The highest BCUT2D eigenvalue weighted by Gasteiger charge is 2.72. The Balaban J connectivity index is 1.39. The van der Waals surface area contributed by atoms with Crippen molar-refractivity contribution in [3.05, 3.63) is 35.1 Å². The molecule has 1 N–H and O–H groups in total. The van der Waals surface area contributed by atoms with Crippen molar-refractivity contribution in [2.24, 2.45) is 0 Å². The van der Waals surface area contributed by atoms with Gasteiger partial charge in [-0.3, -0.25) is 14.4 Å². The molecule has 2 aliphatic carbocycles. The van der Waals surface area contributed by atoms with Crippen molar-refractivity contribution in [2.75, 3.05) is 27.3 Å². The molecule has 0 amide bonds. The maximum Gasteiger partial charge on any atom is 0.353 e. The van der Waals surface area contributed by atoms with Crippen LogP contribution in [0.3, 0.4) is 0 Å². The van der Waals surface area contributed by atoms with Crippen molar-refractivity contribution in [2.45, 2.75) is 101 Å². The van der Waals surface area contributed by atoms with Gasteiger partial charge in [-0.05, 0) is 71.8 Å². The minimum atomic E-state index is -1.63. The summed E-state index contributed by atoms with van der Waals surface area (Å²) in [5.74, 6) is -2.05. The van der Waals surface area contributed by atoms with E-state index in [-0.39, 0.29) is 37.7 Å². The molecule has 44 heavy (non-hydrogen) atoms. The molecule has 1 unspecified atom stereocenters. The lowest BCUT2D eigenvalue weighted by Gasteiger charge is -2.61. The first kappa shape index (κ1) is 31.8. The molecular weight excluding hydrogens is 574 g/mol. The topological polar surface area (TPSA) is 147 Å². The van der Waals surface area contributed by atoms with E-state index in [1.807, 2.05) is 19.2 Å². The molecule has 0 aromatic heterocycles. The van der Waals surface area contributed by atoms with E-state index in [0.29, 0.717) is 30.9 Å². The summed E-state index contributed by atoms with van der Waals surface area (Å²) in [7, 11) is 3.54. The summed E-state index contributed by atoms with van der Waals surface area (Å²) in [6.07, 6.45) is -0.709. The number of likely N-dealkylation sites (tertiary alicyclic amines) is 1. The van der Waals surface area contributed by atoms with Gasteiger partial charge in [0.1, 0.15) is 11.4 Å². The second-order valence-electron chi connectivity index (χ2n) is 12.8. The number of ether oxygens (including phenoxy) is 6. The molecule has 4 aliphatic rings. The maximum absolute atomic E-state index is 13.6. The van der Waals surface area contributed by atoms with Gasteiger partial charge in [-0.15, -0.1) is 0 Å². The number of nitrogens with zero attached hydrogens (tertiary/aromatic N) is 1. The first-order chi connectivity index (χ1) is 20.7.